The number of carbonyl (C=O) groups excluding carboxylic acids is 1. The van der Waals surface area contributed by atoms with Crippen LogP contribution in [0.1, 0.15) is 27.6 Å². The number of rotatable bonds is 3. The quantitative estimate of drug-likeness (QED) is 0.702. The lowest BCUT2D eigenvalue weighted by atomic mass is 10.0. The highest BCUT2D eigenvalue weighted by molar-refractivity contribution is 8.00. The van der Waals surface area contributed by atoms with E-state index in [1.54, 1.807) is 6.07 Å². The van der Waals surface area contributed by atoms with E-state index in [0.29, 0.717) is 17.3 Å². The first-order valence-electron chi connectivity index (χ1n) is 8.93. The molecule has 0 spiro atoms. The summed E-state index contributed by atoms with van der Waals surface area (Å²) in [7, 11) is 1.52. The van der Waals surface area contributed by atoms with Crippen molar-refractivity contribution < 1.29 is 14.6 Å². The van der Waals surface area contributed by atoms with Crippen molar-refractivity contribution in [3.05, 3.63) is 64.8 Å². The summed E-state index contributed by atoms with van der Waals surface area (Å²) in [5.74, 6) is 1.46. The Bertz CT molecular complexity index is 1060. The van der Waals surface area contributed by atoms with Crippen molar-refractivity contribution in [3.8, 4) is 17.2 Å². The number of benzene rings is 2. The number of para-hydroxylation sites is 1. The number of hydrogen-bond acceptors (Lipinski definition) is 5. The van der Waals surface area contributed by atoms with Crippen molar-refractivity contribution in [2.75, 3.05) is 18.2 Å². The normalized spacial score (nSPS) is 16.2. The minimum Gasteiger partial charge on any atom is -0.504 e. The standard InChI is InChI=1S/C21H21N3O3S/c1-12-6-4-5-7-15(12)24-21-19(13(2)23-24)20(28-11-18(26)22-21)14-8-9-16(25)17(10-14)27-3/h4-10,20,25H,11H2,1-3H3,(H,22,26)/t20-/m0/s1. The maximum absolute atomic E-state index is 12.4. The Morgan fingerprint density at radius 3 is 2.79 bits per heavy atom. The summed E-state index contributed by atoms with van der Waals surface area (Å²) in [6.45, 7) is 3.98. The van der Waals surface area contributed by atoms with Crippen molar-refractivity contribution in [2.45, 2.75) is 19.1 Å². The largest absolute Gasteiger partial charge is 0.504 e. The number of methoxy groups -OCH3 is 1. The third-order valence-electron chi connectivity index (χ3n) is 4.86. The second kappa shape index (κ2) is 7.24. The van der Waals surface area contributed by atoms with Crippen LogP contribution in [0.5, 0.6) is 11.5 Å². The zero-order valence-electron chi connectivity index (χ0n) is 15.9. The van der Waals surface area contributed by atoms with Crippen LogP contribution < -0.4 is 10.1 Å². The van der Waals surface area contributed by atoms with E-state index < -0.39 is 0 Å². The summed E-state index contributed by atoms with van der Waals surface area (Å²) >= 11 is 1.54. The minimum atomic E-state index is -0.110. The van der Waals surface area contributed by atoms with Gasteiger partial charge >= 0.3 is 0 Å². The first-order valence-corrected chi connectivity index (χ1v) is 9.98. The molecule has 0 saturated carbocycles. The number of phenols is 1. The zero-order chi connectivity index (χ0) is 19.8. The number of aromatic hydroxyl groups is 1. The lowest BCUT2D eigenvalue weighted by molar-refractivity contribution is -0.113. The summed E-state index contributed by atoms with van der Waals surface area (Å²) in [6.07, 6.45) is 0. The van der Waals surface area contributed by atoms with Crippen molar-refractivity contribution >= 4 is 23.5 Å². The Morgan fingerprint density at radius 2 is 2.04 bits per heavy atom. The number of nitrogens with zero attached hydrogens (tertiary/aromatic N) is 2. The number of hydrogen-bond donors (Lipinski definition) is 2. The van der Waals surface area contributed by atoms with E-state index in [2.05, 4.69) is 5.32 Å². The van der Waals surface area contributed by atoms with E-state index in [1.807, 2.05) is 54.9 Å². The van der Waals surface area contributed by atoms with Gasteiger partial charge in [0.05, 0.1) is 29.5 Å². The first kappa shape index (κ1) is 18.4. The Kier molecular flexibility index (Phi) is 4.77. The van der Waals surface area contributed by atoms with Gasteiger partial charge in [0.2, 0.25) is 5.91 Å². The molecule has 0 unspecified atom stereocenters. The highest BCUT2D eigenvalue weighted by atomic mass is 32.2. The number of phenolic OH excluding ortho intramolecular Hbond substituents is 1. The van der Waals surface area contributed by atoms with Crippen LogP contribution >= 0.6 is 11.8 Å². The number of fused-ring (bicyclic) bond motifs is 1. The molecule has 2 aromatic carbocycles. The fourth-order valence-electron chi connectivity index (χ4n) is 3.48. The van der Waals surface area contributed by atoms with Crippen molar-refractivity contribution in [2.24, 2.45) is 0 Å². The Hall–Kier alpha value is -2.93. The Balaban J connectivity index is 1.90. The predicted octanol–water partition coefficient (Wildman–Crippen LogP) is 3.98. The maximum atomic E-state index is 12.4. The molecule has 1 aliphatic rings. The molecule has 28 heavy (non-hydrogen) atoms. The number of amides is 1. The third-order valence-corrected chi connectivity index (χ3v) is 6.13. The molecule has 2 heterocycles. The fourth-order valence-corrected chi connectivity index (χ4v) is 4.66. The number of anilines is 1. The lowest BCUT2D eigenvalue weighted by Gasteiger charge is -2.17. The molecular weight excluding hydrogens is 374 g/mol. The minimum absolute atomic E-state index is 0.0609. The molecular formula is C21H21N3O3S. The smallest absolute Gasteiger partial charge is 0.235 e. The van der Waals surface area contributed by atoms with E-state index in [1.165, 1.54) is 18.9 Å². The third kappa shape index (κ3) is 3.11. The molecule has 1 aliphatic heterocycles. The molecule has 1 amide bonds. The molecule has 0 radical (unpaired) electrons. The number of thioether (sulfide) groups is 1. The van der Waals surface area contributed by atoms with Crippen LogP contribution in [-0.4, -0.2) is 33.7 Å². The summed E-state index contributed by atoms with van der Waals surface area (Å²) in [4.78, 5) is 12.4. The molecule has 4 rings (SSSR count). The van der Waals surface area contributed by atoms with Crippen molar-refractivity contribution in [1.82, 2.24) is 9.78 Å². The van der Waals surface area contributed by atoms with E-state index in [-0.39, 0.29) is 16.9 Å². The van der Waals surface area contributed by atoms with Gasteiger partial charge in [-0.15, -0.1) is 11.8 Å². The monoisotopic (exact) mass is 395 g/mol. The van der Waals surface area contributed by atoms with Gasteiger partial charge < -0.3 is 15.2 Å². The van der Waals surface area contributed by atoms with E-state index >= 15 is 0 Å². The van der Waals surface area contributed by atoms with Gasteiger partial charge in [-0.2, -0.15) is 5.10 Å². The van der Waals surface area contributed by atoms with Crippen molar-refractivity contribution in [3.63, 3.8) is 0 Å². The van der Waals surface area contributed by atoms with Crippen LogP contribution in [0.3, 0.4) is 0 Å². The average Bonchev–Trinajstić information content (AvgIpc) is 2.88. The van der Waals surface area contributed by atoms with Gasteiger partial charge in [-0.3, -0.25) is 4.79 Å². The van der Waals surface area contributed by atoms with Gasteiger partial charge in [0, 0.05) is 5.56 Å². The van der Waals surface area contributed by atoms with Crippen LogP contribution in [0.4, 0.5) is 5.82 Å². The topological polar surface area (TPSA) is 76.4 Å². The van der Waals surface area contributed by atoms with Crippen LogP contribution in [0.15, 0.2) is 42.5 Å². The molecule has 2 N–H and O–H groups in total. The van der Waals surface area contributed by atoms with Gasteiger partial charge in [0.15, 0.2) is 11.5 Å². The van der Waals surface area contributed by atoms with E-state index in [9.17, 15) is 9.90 Å². The van der Waals surface area contributed by atoms with Gasteiger partial charge in [0.1, 0.15) is 5.82 Å². The summed E-state index contributed by atoms with van der Waals surface area (Å²) in [6, 6.07) is 13.3. The Morgan fingerprint density at radius 1 is 1.25 bits per heavy atom. The fraction of sp³-hybridized carbons (Fsp3) is 0.238. The average molecular weight is 395 g/mol. The van der Waals surface area contributed by atoms with Crippen LogP contribution in [0, 0.1) is 13.8 Å². The summed E-state index contributed by atoms with van der Waals surface area (Å²) in [5.41, 5.74) is 4.77. The molecule has 0 fully saturated rings. The number of carbonyl (C=O) groups is 1. The van der Waals surface area contributed by atoms with Gasteiger partial charge in [-0.1, -0.05) is 24.3 Å². The highest BCUT2D eigenvalue weighted by Gasteiger charge is 2.31. The maximum Gasteiger partial charge on any atom is 0.235 e. The van der Waals surface area contributed by atoms with Crippen LogP contribution in [0.25, 0.3) is 5.69 Å². The Labute approximate surface area is 167 Å². The highest BCUT2D eigenvalue weighted by Crippen LogP contribution is 2.45. The number of aryl methyl sites for hydroxylation is 2. The van der Waals surface area contributed by atoms with E-state index in [4.69, 9.17) is 9.84 Å². The van der Waals surface area contributed by atoms with E-state index in [0.717, 1.165) is 28.1 Å². The number of nitrogens with one attached hydrogen (secondary N) is 1. The summed E-state index contributed by atoms with van der Waals surface area (Å²) in [5, 5.41) is 17.6. The van der Waals surface area contributed by atoms with Gasteiger partial charge in [0.25, 0.3) is 0 Å². The van der Waals surface area contributed by atoms with Gasteiger partial charge in [-0.05, 0) is 43.2 Å². The molecule has 0 saturated heterocycles. The first-order chi connectivity index (χ1) is 13.5. The number of ether oxygens (including phenoxy) is 1. The van der Waals surface area contributed by atoms with Crippen LogP contribution in [-0.2, 0) is 4.79 Å². The number of aromatic nitrogens is 2. The molecule has 3 aromatic rings. The molecule has 1 aromatic heterocycles. The summed E-state index contributed by atoms with van der Waals surface area (Å²) < 4.78 is 7.09. The zero-order valence-corrected chi connectivity index (χ0v) is 16.7. The van der Waals surface area contributed by atoms with Crippen LogP contribution in [0.2, 0.25) is 0 Å². The molecule has 1 atom stereocenters. The lowest BCUT2D eigenvalue weighted by Crippen LogP contribution is -2.16. The molecule has 0 aliphatic carbocycles. The molecule has 7 heteroatoms. The second-order valence-electron chi connectivity index (χ2n) is 6.72. The molecule has 6 nitrogen and oxygen atoms in total. The van der Waals surface area contributed by atoms with Crippen molar-refractivity contribution in [1.29, 1.82) is 0 Å². The molecule has 144 valence electrons. The second-order valence-corrected chi connectivity index (χ2v) is 7.81. The molecule has 0 bridgehead atoms. The SMILES string of the molecule is COc1cc([C@@H]2SCC(=O)Nc3c2c(C)nn3-c2ccccc2C)ccc1O. The van der Waals surface area contributed by atoms with Gasteiger partial charge in [-0.25, -0.2) is 4.68 Å². The predicted molar refractivity (Wildman–Crippen MR) is 111 cm³/mol.